The van der Waals surface area contributed by atoms with E-state index < -0.39 is 6.03 Å². The van der Waals surface area contributed by atoms with Gasteiger partial charge in [0.25, 0.3) is 5.91 Å². The van der Waals surface area contributed by atoms with E-state index in [-0.39, 0.29) is 11.8 Å². The predicted molar refractivity (Wildman–Crippen MR) is 85.4 cm³/mol. The SMILES string of the molecule is NC(=O)NCC1CCCN(C(=O)c2ccccc2I)C1. The van der Waals surface area contributed by atoms with Crippen LogP contribution in [0.5, 0.6) is 0 Å². The summed E-state index contributed by atoms with van der Waals surface area (Å²) in [7, 11) is 0. The molecule has 3 N–H and O–H groups in total. The molecule has 5 nitrogen and oxygen atoms in total. The quantitative estimate of drug-likeness (QED) is 0.777. The van der Waals surface area contributed by atoms with Gasteiger partial charge in [-0.25, -0.2) is 4.79 Å². The molecule has 0 aromatic heterocycles. The normalized spacial score (nSPS) is 18.6. The summed E-state index contributed by atoms with van der Waals surface area (Å²) in [5, 5.41) is 2.63. The molecule has 1 aliphatic heterocycles. The summed E-state index contributed by atoms with van der Waals surface area (Å²) in [4.78, 5) is 25.1. The lowest BCUT2D eigenvalue weighted by Crippen LogP contribution is -2.44. The maximum Gasteiger partial charge on any atom is 0.312 e. The Balaban J connectivity index is 2.00. The largest absolute Gasteiger partial charge is 0.352 e. The fraction of sp³-hybridized carbons (Fsp3) is 0.429. The van der Waals surface area contributed by atoms with E-state index in [0.717, 1.165) is 28.5 Å². The number of piperidine rings is 1. The van der Waals surface area contributed by atoms with Crippen LogP contribution in [0.15, 0.2) is 24.3 Å². The van der Waals surface area contributed by atoms with E-state index in [1.807, 2.05) is 29.2 Å². The molecule has 1 saturated heterocycles. The number of nitrogens with two attached hydrogens (primary N) is 1. The zero-order valence-electron chi connectivity index (χ0n) is 11.1. The van der Waals surface area contributed by atoms with Crippen molar-refractivity contribution in [2.75, 3.05) is 19.6 Å². The summed E-state index contributed by atoms with van der Waals surface area (Å²) in [5.74, 6) is 0.348. The summed E-state index contributed by atoms with van der Waals surface area (Å²) >= 11 is 2.18. The Morgan fingerprint density at radius 2 is 2.15 bits per heavy atom. The van der Waals surface area contributed by atoms with Gasteiger partial charge >= 0.3 is 6.03 Å². The molecule has 108 valence electrons. The molecule has 0 radical (unpaired) electrons. The van der Waals surface area contributed by atoms with E-state index in [0.29, 0.717) is 13.1 Å². The second kappa shape index (κ2) is 6.92. The minimum atomic E-state index is -0.508. The van der Waals surface area contributed by atoms with Crippen molar-refractivity contribution in [2.24, 2.45) is 11.7 Å². The summed E-state index contributed by atoms with van der Waals surface area (Å²) in [5.41, 5.74) is 5.83. The number of amides is 3. The van der Waals surface area contributed by atoms with Crippen LogP contribution in [0.25, 0.3) is 0 Å². The van der Waals surface area contributed by atoms with Crippen LogP contribution in [-0.4, -0.2) is 36.5 Å². The molecule has 2 rings (SSSR count). The number of nitrogens with one attached hydrogen (secondary N) is 1. The van der Waals surface area contributed by atoms with Crippen LogP contribution in [-0.2, 0) is 0 Å². The minimum Gasteiger partial charge on any atom is -0.352 e. The number of hydrogen-bond acceptors (Lipinski definition) is 2. The number of likely N-dealkylation sites (tertiary alicyclic amines) is 1. The van der Waals surface area contributed by atoms with Crippen molar-refractivity contribution in [1.29, 1.82) is 0 Å². The van der Waals surface area contributed by atoms with E-state index >= 15 is 0 Å². The first-order valence-corrected chi connectivity index (χ1v) is 7.73. The molecule has 1 aromatic carbocycles. The van der Waals surface area contributed by atoms with Gasteiger partial charge in [0.2, 0.25) is 0 Å². The van der Waals surface area contributed by atoms with Crippen LogP contribution in [0.1, 0.15) is 23.2 Å². The third-order valence-corrected chi connectivity index (χ3v) is 4.42. The molecule has 1 aromatic rings. The van der Waals surface area contributed by atoms with Gasteiger partial charge in [-0.15, -0.1) is 0 Å². The third kappa shape index (κ3) is 3.84. The number of benzene rings is 1. The van der Waals surface area contributed by atoms with Gasteiger partial charge in [0, 0.05) is 23.2 Å². The lowest BCUT2D eigenvalue weighted by Gasteiger charge is -2.33. The summed E-state index contributed by atoms with van der Waals surface area (Å²) in [6.45, 7) is 1.98. The molecule has 0 bridgehead atoms. The first kappa shape index (κ1) is 15.1. The average Bonchev–Trinajstić information content (AvgIpc) is 2.45. The smallest absolute Gasteiger partial charge is 0.312 e. The molecule has 1 fully saturated rings. The molecule has 0 spiro atoms. The molecule has 3 amide bonds. The lowest BCUT2D eigenvalue weighted by molar-refractivity contribution is 0.0674. The van der Waals surface area contributed by atoms with Crippen LogP contribution in [0, 0.1) is 9.49 Å². The lowest BCUT2D eigenvalue weighted by atomic mass is 9.97. The first-order chi connectivity index (χ1) is 9.58. The third-order valence-electron chi connectivity index (χ3n) is 3.48. The average molecular weight is 387 g/mol. The number of nitrogens with zero attached hydrogens (tertiary/aromatic N) is 1. The number of carbonyl (C=O) groups excluding carboxylic acids is 2. The Hall–Kier alpha value is -1.31. The number of rotatable bonds is 3. The highest BCUT2D eigenvalue weighted by Gasteiger charge is 2.25. The maximum absolute atomic E-state index is 12.5. The molecule has 6 heteroatoms. The van der Waals surface area contributed by atoms with Crippen molar-refractivity contribution in [3.63, 3.8) is 0 Å². The second-order valence-electron chi connectivity index (χ2n) is 4.98. The summed E-state index contributed by atoms with van der Waals surface area (Å²) in [6, 6.07) is 7.09. The molecule has 20 heavy (non-hydrogen) atoms. The van der Waals surface area contributed by atoms with Crippen molar-refractivity contribution in [1.82, 2.24) is 10.2 Å². The van der Waals surface area contributed by atoms with Crippen molar-refractivity contribution in [3.8, 4) is 0 Å². The van der Waals surface area contributed by atoms with Gasteiger partial charge in [-0.05, 0) is 53.5 Å². The number of primary amides is 1. The van der Waals surface area contributed by atoms with E-state index in [4.69, 9.17) is 5.73 Å². The Morgan fingerprint density at radius 3 is 2.85 bits per heavy atom. The molecule has 0 aliphatic carbocycles. The summed E-state index contributed by atoms with van der Waals surface area (Å²) < 4.78 is 0.965. The van der Waals surface area contributed by atoms with Gasteiger partial charge < -0.3 is 16.0 Å². The Bertz CT molecular complexity index is 507. The minimum absolute atomic E-state index is 0.0683. The molecular formula is C14H18IN3O2. The Labute approximate surface area is 132 Å². The molecule has 1 aliphatic rings. The van der Waals surface area contributed by atoms with Crippen molar-refractivity contribution >= 4 is 34.5 Å². The van der Waals surface area contributed by atoms with Crippen molar-refractivity contribution < 1.29 is 9.59 Å². The number of carbonyl (C=O) groups is 2. The van der Waals surface area contributed by atoms with Gasteiger partial charge in [-0.1, -0.05) is 12.1 Å². The van der Waals surface area contributed by atoms with E-state index in [2.05, 4.69) is 27.9 Å². The highest BCUT2D eigenvalue weighted by Crippen LogP contribution is 2.20. The molecule has 1 heterocycles. The van der Waals surface area contributed by atoms with Crippen LogP contribution < -0.4 is 11.1 Å². The number of halogens is 1. The van der Waals surface area contributed by atoms with Crippen molar-refractivity contribution in [2.45, 2.75) is 12.8 Å². The van der Waals surface area contributed by atoms with Crippen molar-refractivity contribution in [3.05, 3.63) is 33.4 Å². The zero-order valence-corrected chi connectivity index (χ0v) is 13.3. The highest BCUT2D eigenvalue weighted by atomic mass is 127. The molecular weight excluding hydrogens is 369 g/mol. The van der Waals surface area contributed by atoms with E-state index in [9.17, 15) is 9.59 Å². The summed E-state index contributed by atoms with van der Waals surface area (Å²) in [6.07, 6.45) is 1.97. The molecule has 0 saturated carbocycles. The maximum atomic E-state index is 12.5. The van der Waals surface area contributed by atoms with Gasteiger partial charge in [-0.2, -0.15) is 0 Å². The van der Waals surface area contributed by atoms with Crippen LogP contribution in [0.4, 0.5) is 4.79 Å². The Kier molecular flexibility index (Phi) is 5.22. The number of hydrogen-bond donors (Lipinski definition) is 2. The second-order valence-corrected chi connectivity index (χ2v) is 6.15. The topological polar surface area (TPSA) is 75.4 Å². The highest BCUT2D eigenvalue weighted by molar-refractivity contribution is 14.1. The van der Waals surface area contributed by atoms with Gasteiger partial charge in [0.05, 0.1) is 5.56 Å². The van der Waals surface area contributed by atoms with Gasteiger partial charge in [0.15, 0.2) is 0 Å². The van der Waals surface area contributed by atoms with Gasteiger partial charge in [0.1, 0.15) is 0 Å². The molecule has 1 unspecified atom stereocenters. The monoisotopic (exact) mass is 387 g/mol. The standard InChI is InChI=1S/C14H18IN3O2/c15-12-6-2-1-5-11(12)13(19)18-7-3-4-10(9-18)8-17-14(16)20/h1-2,5-6,10H,3-4,7-9H2,(H3,16,17,20). The van der Waals surface area contributed by atoms with Crippen LogP contribution in [0.2, 0.25) is 0 Å². The van der Waals surface area contributed by atoms with Gasteiger partial charge in [-0.3, -0.25) is 4.79 Å². The first-order valence-electron chi connectivity index (χ1n) is 6.65. The predicted octanol–water partition coefficient (Wildman–Crippen LogP) is 1.81. The fourth-order valence-corrected chi connectivity index (χ4v) is 3.08. The number of urea groups is 1. The van der Waals surface area contributed by atoms with E-state index in [1.165, 1.54) is 0 Å². The zero-order chi connectivity index (χ0) is 14.5. The Morgan fingerprint density at radius 1 is 1.40 bits per heavy atom. The van der Waals surface area contributed by atoms with Crippen LogP contribution >= 0.6 is 22.6 Å². The van der Waals surface area contributed by atoms with Crippen LogP contribution in [0.3, 0.4) is 0 Å². The molecule has 1 atom stereocenters. The fourth-order valence-electron chi connectivity index (χ4n) is 2.47. The van der Waals surface area contributed by atoms with E-state index in [1.54, 1.807) is 0 Å².